The molecule has 0 radical (unpaired) electrons. The zero-order valence-electron chi connectivity index (χ0n) is 15.2. The highest BCUT2D eigenvalue weighted by Crippen LogP contribution is 2.38. The third-order valence-electron chi connectivity index (χ3n) is 3.76. The number of halogens is 2. The lowest BCUT2D eigenvalue weighted by molar-refractivity contribution is -0.118. The number of carbonyl (C=O) groups excluding carboxylic acids is 2. The Morgan fingerprint density at radius 1 is 1.24 bits per heavy atom. The van der Waals surface area contributed by atoms with Crippen LogP contribution < -0.4 is 20.9 Å². The zero-order chi connectivity index (χ0) is 21.3. The first-order valence-electron chi connectivity index (χ1n) is 8.19. The van der Waals surface area contributed by atoms with E-state index >= 15 is 0 Å². The van der Waals surface area contributed by atoms with Crippen LogP contribution in [0, 0.1) is 0 Å². The van der Waals surface area contributed by atoms with Crippen LogP contribution >= 0.6 is 23.2 Å². The molecule has 10 nitrogen and oxygen atoms in total. The van der Waals surface area contributed by atoms with Crippen LogP contribution in [0.25, 0.3) is 0 Å². The second kappa shape index (κ2) is 7.82. The number of aliphatic hydroxyl groups is 1. The molecular formula is C17H15Cl2N5O5. The van der Waals surface area contributed by atoms with Crippen molar-refractivity contribution in [2.75, 3.05) is 11.9 Å². The Balaban J connectivity index is 1.82. The van der Waals surface area contributed by atoms with E-state index in [9.17, 15) is 19.5 Å². The van der Waals surface area contributed by atoms with Crippen LogP contribution in [-0.2, 0) is 15.2 Å². The number of hydrogen-bond acceptors (Lipinski definition) is 7. The summed E-state index contributed by atoms with van der Waals surface area (Å²) in [6.07, 6.45) is 0. The van der Waals surface area contributed by atoms with E-state index in [2.05, 4.69) is 25.8 Å². The zero-order valence-corrected chi connectivity index (χ0v) is 16.7. The summed E-state index contributed by atoms with van der Waals surface area (Å²) in [4.78, 5) is 38.8. The average Bonchev–Trinajstić information content (AvgIpc) is 3.05. The molecule has 1 aromatic heterocycles. The normalized spacial score (nSPS) is 13.7. The van der Waals surface area contributed by atoms with E-state index in [4.69, 9.17) is 27.9 Å². The molecular weight excluding hydrogens is 425 g/mol. The molecule has 2 amide bonds. The third kappa shape index (κ3) is 4.73. The Morgan fingerprint density at radius 3 is 2.45 bits per heavy atom. The molecule has 0 fully saturated rings. The summed E-state index contributed by atoms with van der Waals surface area (Å²) in [5.41, 5.74) is -1.71. The first-order valence-corrected chi connectivity index (χ1v) is 8.95. The Kier molecular flexibility index (Phi) is 5.60. The van der Waals surface area contributed by atoms with Crippen LogP contribution in [0.4, 0.5) is 5.69 Å². The van der Waals surface area contributed by atoms with Gasteiger partial charge in [-0.25, -0.2) is 5.10 Å². The van der Waals surface area contributed by atoms with E-state index in [-0.39, 0.29) is 51.2 Å². The molecule has 1 aromatic carbocycles. The molecule has 12 heteroatoms. The van der Waals surface area contributed by atoms with Crippen molar-refractivity contribution < 1.29 is 19.4 Å². The highest BCUT2D eigenvalue weighted by atomic mass is 35.5. The summed E-state index contributed by atoms with van der Waals surface area (Å²) >= 11 is 12.4. The number of H-pyrrole nitrogens is 1. The topological polar surface area (TPSA) is 146 Å². The number of ether oxygens (including phenoxy) is 1. The van der Waals surface area contributed by atoms with Crippen molar-refractivity contribution >= 4 is 46.5 Å². The summed E-state index contributed by atoms with van der Waals surface area (Å²) in [5, 5.41) is 21.0. The number of benzene rings is 1. The Morgan fingerprint density at radius 2 is 1.90 bits per heavy atom. The van der Waals surface area contributed by atoms with Gasteiger partial charge in [-0.3, -0.25) is 19.4 Å². The van der Waals surface area contributed by atoms with E-state index in [0.717, 1.165) is 0 Å². The fourth-order valence-electron chi connectivity index (χ4n) is 2.41. The first kappa shape index (κ1) is 20.8. The average molecular weight is 440 g/mol. The number of carbonyl (C=O) groups is 2. The summed E-state index contributed by atoms with van der Waals surface area (Å²) in [6.45, 7) is 2.77. The predicted octanol–water partition coefficient (Wildman–Crippen LogP) is 1.56. The molecule has 0 spiro atoms. The molecule has 3 rings (SSSR count). The number of amidine groups is 1. The van der Waals surface area contributed by atoms with Gasteiger partial charge in [-0.05, 0) is 26.0 Å². The van der Waals surface area contributed by atoms with Gasteiger partial charge in [-0.1, -0.05) is 23.2 Å². The maximum Gasteiger partial charge on any atom is 0.291 e. The van der Waals surface area contributed by atoms with E-state index in [1.54, 1.807) is 0 Å². The standard InChI is InChI=1S/C17H15Cl2N5O5/c1-17(2,28)8-5-12(23-24-15(8)26)29-13-9(18)3-7(4-10(13)19)21-16(27)14-20-6-11(25)22-14/h3-5,28H,6H2,1-2H3,(H,21,27)(H,24,26)(H,20,22,25). The summed E-state index contributed by atoms with van der Waals surface area (Å²) in [7, 11) is 0. The van der Waals surface area contributed by atoms with Gasteiger partial charge >= 0.3 is 0 Å². The fraction of sp³-hybridized carbons (Fsp3) is 0.235. The minimum Gasteiger partial charge on any atom is -0.434 e. The van der Waals surface area contributed by atoms with Crippen LogP contribution in [-0.4, -0.2) is 39.5 Å². The molecule has 4 N–H and O–H groups in total. The maximum atomic E-state index is 12.1. The number of aromatic amines is 1. The number of amides is 2. The molecule has 2 heterocycles. The van der Waals surface area contributed by atoms with Crippen LogP contribution in [0.5, 0.6) is 11.6 Å². The molecule has 0 atom stereocenters. The van der Waals surface area contributed by atoms with Gasteiger partial charge in [-0.2, -0.15) is 0 Å². The van der Waals surface area contributed by atoms with Gasteiger partial charge in [0.25, 0.3) is 11.5 Å². The Hall–Kier alpha value is -2.95. The lowest BCUT2D eigenvalue weighted by Gasteiger charge is -2.17. The van der Waals surface area contributed by atoms with Crippen molar-refractivity contribution in [2.24, 2.45) is 4.99 Å². The largest absolute Gasteiger partial charge is 0.434 e. The Bertz CT molecular complexity index is 1070. The van der Waals surface area contributed by atoms with Crippen molar-refractivity contribution in [3.63, 3.8) is 0 Å². The van der Waals surface area contributed by atoms with Crippen molar-refractivity contribution in [3.8, 4) is 11.6 Å². The van der Waals surface area contributed by atoms with E-state index < -0.39 is 17.1 Å². The molecule has 0 unspecified atom stereocenters. The van der Waals surface area contributed by atoms with Gasteiger partial charge < -0.3 is 20.5 Å². The number of rotatable bonds is 5. The first-order chi connectivity index (χ1) is 13.5. The van der Waals surface area contributed by atoms with Crippen molar-refractivity contribution in [2.45, 2.75) is 19.4 Å². The number of nitrogens with one attached hydrogen (secondary N) is 3. The monoisotopic (exact) mass is 439 g/mol. The lowest BCUT2D eigenvalue weighted by Crippen LogP contribution is -2.34. The second-order valence-electron chi connectivity index (χ2n) is 6.55. The predicted molar refractivity (Wildman–Crippen MR) is 106 cm³/mol. The van der Waals surface area contributed by atoms with Gasteiger partial charge in [0.1, 0.15) is 6.54 Å². The minimum absolute atomic E-state index is 0.0269. The molecule has 29 heavy (non-hydrogen) atoms. The second-order valence-corrected chi connectivity index (χ2v) is 7.36. The summed E-state index contributed by atoms with van der Waals surface area (Å²) in [5.74, 6) is -1.15. The van der Waals surface area contributed by atoms with Gasteiger partial charge in [0.05, 0.1) is 21.2 Å². The minimum atomic E-state index is -1.42. The lowest BCUT2D eigenvalue weighted by atomic mass is 10.0. The molecule has 2 aromatic rings. The Labute approximate surface area is 173 Å². The van der Waals surface area contributed by atoms with Crippen molar-refractivity contribution in [3.05, 3.63) is 44.2 Å². The van der Waals surface area contributed by atoms with E-state index in [0.29, 0.717) is 0 Å². The third-order valence-corrected chi connectivity index (χ3v) is 4.32. The van der Waals surface area contributed by atoms with Gasteiger partial charge in [0.2, 0.25) is 11.8 Å². The van der Waals surface area contributed by atoms with Crippen LogP contribution in [0.2, 0.25) is 10.0 Å². The number of hydrogen-bond donors (Lipinski definition) is 4. The van der Waals surface area contributed by atoms with E-state index in [1.165, 1.54) is 32.0 Å². The fourth-order valence-corrected chi connectivity index (χ4v) is 2.97. The smallest absolute Gasteiger partial charge is 0.291 e. The van der Waals surface area contributed by atoms with Crippen LogP contribution in [0.3, 0.4) is 0 Å². The SMILES string of the molecule is CC(C)(O)c1cc(Oc2c(Cl)cc(NC(=O)C3=NCC(=O)N3)cc2Cl)n[nH]c1=O. The van der Waals surface area contributed by atoms with Crippen molar-refractivity contribution in [1.29, 1.82) is 0 Å². The number of aromatic nitrogens is 2. The van der Waals surface area contributed by atoms with E-state index in [1.807, 2.05) is 0 Å². The van der Waals surface area contributed by atoms with Gasteiger partial charge in [-0.15, -0.1) is 5.10 Å². The molecule has 0 saturated heterocycles. The van der Waals surface area contributed by atoms with Crippen LogP contribution in [0.1, 0.15) is 19.4 Å². The maximum absolute atomic E-state index is 12.1. The number of nitrogens with zero attached hydrogens (tertiary/aromatic N) is 2. The quantitative estimate of drug-likeness (QED) is 0.555. The number of aliphatic imine (C=N–C) groups is 1. The molecule has 0 aliphatic carbocycles. The molecule has 1 aliphatic rings. The van der Waals surface area contributed by atoms with Gasteiger partial charge in [0.15, 0.2) is 11.6 Å². The molecule has 0 bridgehead atoms. The molecule has 1 aliphatic heterocycles. The highest BCUT2D eigenvalue weighted by Gasteiger charge is 2.23. The van der Waals surface area contributed by atoms with Crippen molar-refractivity contribution in [1.82, 2.24) is 15.5 Å². The molecule has 152 valence electrons. The summed E-state index contributed by atoms with van der Waals surface area (Å²) in [6, 6.07) is 4.02. The summed E-state index contributed by atoms with van der Waals surface area (Å²) < 4.78 is 5.55. The number of anilines is 1. The highest BCUT2D eigenvalue weighted by molar-refractivity contribution is 6.46. The van der Waals surface area contributed by atoms with Crippen LogP contribution in [0.15, 0.2) is 28.0 Å². The molecule has 0 saturated carbocycles. The van der Waals surface area contributed by atoms with Gasteiger partial charge in [0, 0.05) is 11.8 Å².